The average Bonchev–Trinajstić information content (AvgIpc) is 3.38. The maximum Gasteiger partial charge on any atom is 0.414 e. The molecule has 0 spiro atoms. The molecule has 2 aromatic carbocycles. The SMILES string of the molecule is CC(=O)NC[C@H]1CN(c2ccc(-c3ccc(CNCc4cccn4C)cc3)c(F)c2)C(=O)O1. The zero-order valence-electron chi connectivity index (χ0n) is 18.7. The van der Waals surface area contributed by atoms with E-state index in [1.807, 2.05) is 43.6 Å². The van der Waals surface area contributed by atoms with Crippen molar-refractivity contribution in [1.29, 1.82) is 0 Å². The number of hydrogen-bond acceptors (Lipinski definition) is 4. The number of ether oxygens (including phenoxy) is 1. The Morgan fingerprint density at radius 2 is 1.94 bits per heavy atom. The van der Waals surface area contributed by atoms with E-state index in [4.69, 9.17) is 4.74 Å². The molecule has 3 aromatic rings. The molecule has 2 amide bonds. The summed E-state index contributed by atoms with van der Waals surface area (Å²) in [4.78, 5) is 24.6. The van der Waals surface area contributed by atoms with Crippen molar-refractivity contribution in [2.45, 2.75) is 26.1 Å². The van der Waals surface area contributed by atoms with Gasteiger partial charge in [0.2, 0.25) is 5.91 Å². The summed E-state index contributed by atoms with van der Waals surface area (Å²) in [6, 6.07) is 16.5. The van der Waals surface area contributed by atoms with Gasteiger partial charge in [-0.05, 0) is 41.5 Å². The van der Waals surface area contributed by atoms with Crippen molar-refractivity contribution in [1.82, 2.24) is 15.2 Å². The van der Waals surface area contributed by atoms with E-state index in [0.29, 0.717) is 17.8 Å². The number of aryl methyl sites for hydroxylation is 1. The van der Waals surface area contributed by atoms with Crippen molar-refractivity contribution in [3.05, 3.63) is 77.9 Å². The summed E-state index contributed by atoms with van der Waals surface area (Å²) in [7, 11) is 2.02. The molecule has 0 radical (unpaired) electrons. The lowest BCUT2D eigenvalue weighted by Gasteiger charge is -2.15. The largest absolute Gasteiger partial charge is 0.442 e. The topological polar surface area (TPSA) is 75.6 Å². The maximum absolute atomic E-state index is 14.9. The van der Waals surface area contributed by atoms with Crippen molar-refractivity contribution >= 4 is 17.7 Å². The van der Waals surface area contributed by atoms with E-state index < -0.39 is 18.0 Å². The fourth-order valence-corrected chi connectivity index (χ4v) is 3.82. The van der Waals surface area contributed by atoms with Gasteiger partial charge in [-0.2, -0.15) is 0 Å². The van der Waals surface area contributed by atoms with E-state index in [-0.39, 0.29) is 19.0 Å². The van der Waals surface area contributed by atoms with Gasteiger partial charge in [-0.25, -0.2) is 9.18 Å². The monoisotopic (exact) mass is 450 g/mol. The maximum atomic E-state index is 14.9. The van der Waals surface area contributed by atoms with Crippen molar-refractivity contribution in [3.8, 4) is 11.1 Å². The van der Waals surface area contributed by atoms with Crippen LogP contribution in [0.25, 0.3) is 11.1 Å². The molecule has 0 aliphatic carbocycles. The van der Waals surface area contributed by atoms with Gasteiger partial charge in [0, 0.05) is 44.5 Å². The quantitative estimate of drug-likeness (QED) is 0.550. The van der Waals surface area contributed by atoms with E-state index in [0.717, 1.165) is 17.7 Å². The summed E-state index contributed by atoms with van der Waals surface area (Å²) >= 11 is 0. The standard InChI is InChI=1S/C25H27FN4O3/c1-17(31)28-15-22-16-30(25(32)33-22)20-9-10-23(24(26)12-20)19-7-5-18(6-8-19)13-27-14-21-4-3-11-29(21)2/h3-12,22,27H,13-16H2,1-2H3,(H,28,31)/t22-/m0/s1. The number of cyclic esters (lactones) is 1. The van der Waals surface area contributed by atoms with Crippen molar-refractivity contribution < 1.29 is 18.7 Å². The van der Waals surface area contributed by atoms with Crippen LogP contribution in [-0.4, -0.2) is 35.8 Å². The first kappa shape index (κ1) is 22.5. The van der Waals surface area contributed by atoms with Crippen LogP contribution in [0.2, 0.25) is 0 Å². The number of nitrogens with zero attached hydrogens (tertiary/aromatic N) is 2. The summed E-state index contributed by atoms with van der Waals surface area (Å²) in [5, 5.41) is 6.04. The van der Waals surface area contributed by atoms with E-state index >= 15 is 0 Å². The predicted octanol–water partition coefficient (Wildman–Crippen LogP) is 3.58. The third kappa shape index (κ3) is 5.40. The lowest BCUT2D eigenvalue weighted by atomic mass is 10.0. The van der Waals surface area contributed by atoms with Gasteiger partial charge in [0.25, 0.3) is 0 Å². The Labute approximate surface area is 192 Å². The number of hydrogen-bond donors (Lipinski definition) is 2. The third-order valence-corrected chi connectivity index (χ3v) is 5.67. The minimum atomic E-state index is -0.551. The van der Waals surface area contributed by atoms with Gasteiger partial charge in [-0.15, -0.1) is 0 Å². The van der Waals surface area contributed by atoms with Crippen LogP contribution >= 0.6 is 0 Å². The highest BCUT2D eigenvalue weighted by molar-refractivity contribution is 5.90. The minimum Gasteiger partial charge on any atom is -0.442 e. The van der Waals surface area contributed by atoms with Gasteiger partial charge < -0.3 is 19.9 Å². The Balaban J connectivity index is 1.38. The minimum absolute atomic E-state index is 0.196. The van der Waals surface area contributed by atoms with Gasteiger partial charge in [-0.1, -0.05) is 24.3 Å². The Morgan fingerprint density at radius 1 is 1.15 bits per heavy atom. The predicted molar refractivity (Wildman–Crippen MR) is 124 cm³/mol. The molecule has 4 rings (SSSR count). The zero-order valence-corrected chi connectivity index (χ0v) is 18.7. The molecule has 1 atom stereocenters. The van der Waals surface area contributed by atoms with Crippen LogP contribution < -0.4 is 15.5 Å². The molecule has 1 fully saturated rings. The van der Waals surface area contributed by atoms with E-state index in [9.17, 15) is 14.0 Å². The zero-order chi connectivity index (χ0) is 23.4. The first-order valence-corrected chi connectivity index (χ1v) is 10.8. The molecule has 2 heterocycles. The van der Waals surface area contributed by atoms with Crippen LogP contribution in [0.4, 0.5) is 14.9 Å². The Hall–Kier alpha value is -3.65. The molecule has 1 saturated heterocycles. The number of carbonyl (C=O) groups is 2. The van der Waals surface area contributed by atoms with E-state index in [1.165, 1.54) is 23.6 Å². The van der Waals surface area contributed by atoms with Crippen LogP contribution in [-0.2, 0) is 29.7 Å². The summed E-state index contributed by atoms with van der Waals surface area (Å²) in [5.41, 5.74) is 3.96. The highest BCUT2D eigenvalue weighted by Crippen LogP contribution is 2.29. The molecular weight excluding hydrogens is 423 g/mol. The number of benzene rings is 2. The first-order chi connectivity index (χ1) is 15.9. The lowest BCUT2D eigenvalue weighted by Crippen LogP contribution is -2.33. The number of anilines is 1. The van der Waals surface area contributed by atoms with Crippen LogP contribution in [0.1, 0.15) is 18.2 Å². The molecule has 33 heavy (non-hydrogen) atoms. The molecule has 7 nitrogen and oxygen atoms in total. The van der Waals surface area contributed by atoms with Crippen LogP contribution in [0.3, 0.4) is 0 Å². The summed E-state index contributed by atoms with van der Waals surface area (Å²) in [6.07, 6.45) is 0.999. The molecule has 2 N–H and O–H groups in total. The molecule has 1 aliphatic rings. The number of nitrogens with one attached hydrogen (secondary N) is 2. The molecule has 1 aromatic heterocycles. The number of aromatic nitrogens is 1. The van der Waals surface area contributed by atoms with E-state index in [2.05, 4.69) is 21.3 Å². The number of carbonyl (C=O) groups excluding carboxylic acids is 2. The van der Waals surface area contributed by atoms with Gasteiger partial charge in [0.05, 0.1) is 18.8 Å². The van der Waals surface area contributed by atoms with Crippen molar-refractivity contribution in [3.63, 3.8) is 0 Å². The Morgan fingerprint density at radius 3 is 2.61 bits per heavy atom. The molecule has 0 unspecified atom stereocenters. The van der Waals surface area contributed by atoms with Crippen LogP contribution in [0.15, 0.2) is 60.8 Å². The smallest absolute Gasteiger partial charge is 0.414 e. The molecular formula is C25H27FN4O3. The molecule has 8 heteroatoms. The summed E-state index contributed by atoms with van der Waals surface area (Å²) < 4.78 is 22.2. The summed E-state index contributed by atoms with van der Waals surface area (Å²) in [6.45, 7) is 3.36. The number of halogens is 1. The Bertz CT molecular complexity index is 1140. The Kier molecular flexibility index (Phi) is 6.74. The van der Waals surface area contributed by atoms with Crippen molar-refractivity contribution in [2.24, 2.45) is 7.05 Å². The fraction of sp³-hybridized carbons (Fsp3) is 0.280. The lowest BCUT2D eigenvalue weighted by molar-refractivity contribution is -0.119. The van der Waals surface area contributed by atoms with Crippen LogP contribution in [0, 0.1) is 5.82 Å². The molecule has 1 aliphatic heterocycles. The summed E-state index contributed by atoms with van der Waals surface area (Å²) in [5.74, 6) is -0.613. The van der Waals surface area contributed by atoms with Gasteiger partial charge in [-0.3, -0.25) is 9.69 Å². The number of rotatable bonds is 8. The third-order valence-electron chi connectivity index (χ3n) is 5.67. The van der Waals surface area contributed by atoms with Gasteiger partial charge in [0.1, 0.15) is 11.9 Å². The second kappa shape index (κ2) is 9.87. The highest BCUT2D eigenvalue weighted by atomic mass is 19.1. The fourth-order valence-electron chi connectivity index (χ4n) is 3.82. The highest BCUT2D eigenvalue weighted by Gasteiger charge is 2.32. The van der Waals surface area contributed by atoms with Crippen LogP contribution in [0.5, 0.6) is 0 Å². The average molecular weight is 451 g/mol. The second-order valence-electron chi connectivity index (χ2n) is 8.13. The van der Waals surface area contributed by atoms with Gasteiger partial charge >= 0.3 is 6.09 Å². The molecule has 0 bridgehead atoms. The number of amides is 2. The van der Waals surface area contributed by atoms with Crippen molar-refractivity contribution in [2.75, 3.05) is 18.0 Å². The van der Waals surface area contributed by atoms with E-state index in [1.54, 1.807) is 12.1 Å². The molecule has 172 valence electrons. The molecule has 0 saturated carbocycles. The second-order valence-corrected chi connectivity index (χ2v) is 8.13. The van der Waals surface area contributed by atoms with Gasteiger partial charge in [0.15, 0.2) is 0 Å². The normalized spacial score (nSPS) is 15.5. The first-order valence-electron chi connectivity index (χ1n) is 10.8.